The number of benzene rings is 1. The van der Waals surface area contributed by atoms with Gasteiger partial charge in [-0.15, -0.1) is 11.8 Å². The van der Waals surface area contributed by atoms with Crippen LogP contribution < -0.4 is 5.32 Å². The molecule has 1 aromatic carbocycles. The van der Waals surface area contributed by atoms with Gasteiger partial charge in [-0.3, -0.25) is 4.79 Å². The van der Waals surface area contributed by atoms with Crippen LogP contribution in [0.5, 0.6) is 0 Å². The molecule has 0 aliphatic heterocycles. The smallest absolute Gasteiger partial charge is 0.234 e. The maximum Gasteiger partial charge on any atom is 0.234 e. The molecule has 0 aliphatic carbocycles. The van der Waals surface area contributed by atoms with Crippen LogP contribution >= 0.6 is 23.4 Å². The molecule has 20 heavy (non-hydrogen) atoms. The minimum atomic E-state index is -0.0943. The Kier molecular flexibility index (Phi) is 5.04. The number of nitrogens with one attached hydrogen (secondary N) is 1. The van der Waals surface area contributed by atoms with E-state index < -0.39 is 0 Å². The van der Waals surface area contributed by atoms with Crippen molar-refractivity contribution in [3.05, 3.63) is 52.8 Å². The van der Waals surface area contributed by atoms with Crippen molar-refractivity contribution in [2.45, 2.75) is 18.7 Å². The third-order valence-corrected chi connectivity index (χ3v) is 4.18. The van der Waals surface area contributed by atoms with Crippen molar-refractivity contribution in [1.29, 1.82) is 0 Å². The lowest BCUT2D eigenvalue weighted by molar-refractivity contribution is -0.113. The van der Waals surface area contributed by atoms with Crippen LogP contribution in [0.2, 0.25) is 5.15 Å². The summed E-state index contributed by atoms with van der Waals surface area (Å²) in [6.45, 7) is 4.13. The molecule has 0 unspecified atom stereocenters. The summed E-state index contributed by atoms with van der Waals surface area (Å²) in [6.07, 6.45) is 1.59. The van der Waals surface area contributed by atoms with Crippen molar-refractivity contribution in [1.82, 2.24) is 4.98 Å². The monoisotopic (exact) mass is 306 g/mol. The summed E-state index contributed by atoms with van der Waals surface area (Å²) in [4.78, 5) is 16.9. The molecule has 5 heteroatoms. The minimum Gasteiger partial charge on any atom is -0.323 e. The number of hydrogen-bond acceptors (Lipinski definition) is 3. The van der Waals surface area contributed by atoms with E-state index >= 15 is 0 Å². The summed E-state index contributed by atoms with van der Waals surface area (Å²) in [6, 6.07) is 9.64. The van der Waals surface area contributed by atoms with Gasteiger partial charge in [-0.25, -0.2) is 4.98 Å². The molecule has 0 atom stereocenters. The Hall–Kier alpha value is -1.52. The summed E-state index contributed by atoms with van der Waals surface area (Å²) in [5.41, 5.74) is 3.02. The molecule has 0 radical (unpaired) electrons. The van der Waals surface area contributed by atoms with Crippen LogP contribution in [-0.4, -0.2) is 16.6 Å². The van der Waals surface area contributed by atoms with Gasteiger partial charge in [-0.1, -0.05) is 17.7 Å². The van der Waals surface area contributed by atoms with Crippen molar-refractivity contribution < 1.29 is 4.79 Å². The number of aromatic nitrogens is 1. The summed E-state index contributed by atoms with van der Waals surface area (Å²) in [5, 5.41) is 3.06. The second kappa shape index (κ2) is 6.77. The number of hydrogen-bond donors (Lipinski definition) is 1. The van der Waals surface area contributed by atoms with Crippen molar-refractivity contribution in [3.8, 4) is 0 Å². The van der Waals surface area contributed by atoms with Crippen LogP contribution in [0.15, 0.2) is 41.4 Å². The number of rotatable bonds is 4. The molecule has 2 aromatic rings. The van der Waals surface area contributed by atoms with Crippen LogP contribution in [0.3, 0.4) is 0 Å². The van der Waals surface area contributed by atoms with E-state index in [-0.39, 0.29) is 5.91 Å². The van der Waals surface area contributed by atoms with Crippen molar-refractivity contribution in [2.75, 3.05) is 11.1 Å². The van der Waals surface area contributed by atoms with E-state index in [4.69, 9.17) is 11.6 Å². The maximum absolute atomic E-state index is 11.9. The van der Waals surface area contributed by atoms with Gasteiger partial charge in [-0.2, -0.15) is 0 Å². The summed E-state index contributed by atoms with van der Waals surface area (Å²) in [5.74, 6) is 0.247. The zero-order valence-electron chi connectivity index (χ0n) is 11.3. The fourth-order valence-electron chi connectivity index (χ4n) is 1.62. The topological polar surface area (TPSA) is 42.0 Å². The Morgan fingerprint density at radius 3 is 2.80 bits per heavy atom. The van der Waals surface area contributed by atoms with E-state index in [1.165, 1.54) is 22.9 Å². The normalized spacial score (nSPS) is 10.3. The molecule has 3 nitrogen and oxygen atoms in total. The van der Waals surface area contributed by atoms with Crippen molar-refractivity contribution >= 4 is 35.0 Å². The van der Waals surface area contributed by atoms with Gasteiger partial charge in [0.1, 0.15) is 0 Å². The second-order valence-electron chi connectivity index (χ2n) is 4.42. The lowest BCUT2D eigenvalue weighted by atomic mass is 10.1. The van der Waals surface area contributed by atoms with Crippen LogP contribution in [0.4, 0.5) is 5.69 Å². The number of carbonyl (C=O) groups excluding carboxylic acids is 1. The Morgan fingerprint density at radius 1 is 1.30 bits per heavy atom. The molecule has 2 rings (SSSR count). The number of pyridine rings is 1. The van der Waals surface area contributed by atoms with Crippen molar-refractivity contribution in [2.24, 2.45) is 0 Å². The first-order valence-corrected chi connectivity index (χ1v) is 7.53. The predicted octanol–water partition coefficient (Wildman–Crippen LogP) is 4.08. The van der Waals surface area contributed by atoms with E-state index in [0.717, 1.165) is 4.90 Å². The number of halogens is 1. The van der Waals surface area contributed by atoms with Crippen LogP contribution in [0.25, 0.3) is 0 Å². The number of thioether (sulfide) groups is 1. The first kappa shape index (κ1) is 14.9. The summed E-state index contributed by atoms with van der Waals surface area (Å²) < 4.78 is 0. The zero-order chi connectivity index (χ0) is 14.5. The van der Waals surface area contributed by atoms with Crippen LogP contribution in [0.1, 0.15) is 11.1 Å². The minimum absolute atomic E-state index is 0.0943. The number of carbonyl (C=O) groups is 1. The molecular formula is C15H15ClN2OS. The molecule has 104 valence electrons. The van der Waals surface area contributed by atoms with Gasteiger partial charge in [0.2, 0.25) is 5.91 Å². The maximum atomic E-state index is 11.9. The number of nitrogens with zero attached hydrogens (tertiary/aromatic N) is 1. The Balaban J connectivity index is 1.92. The molecule has 0 saturated heterocycles. The van der Waals surface area contributed by atoms with Gasteiger partial charge in [0.15, 0.2) is 5.15 Å². The molecule has 0 bridgehead atoms. The molecule has 0 aliphatic rings. The summed E-state index contributed by atoms with van der Waals surface area (Å²) >= 11 is 7.39. The molecule has 0 spiro atoms. The SMILES string of the molecule is Cc1ccc(SCC(=O)Nc2cccnc2Cl)cc1C. The molecule has 1 aromatic heterocycles. The average Bonchev–Trinajstić information content (AvgIpc) is 2.43. The fourth-order valence-corrected chi connectivity index (χ4v) is 2.58. The summed E-state index contributed by atoms with van der Waals surface area (Å²) in [7, 11) is 0. The van der Waals surface area contributed by atoms with Gasteiger partial charge in [0.05, 0.1) is 11.4 Å². The Morgan fingerprint density at radius 2 is 2.10 bits per heavy atom. The number of aryl methyl sites for hydroxylation is 2. The molecule has 1 amide bonds. The van der Waals surface area contributed by atoms with E-state index in [1.807, 2.05) is 6.07 Å². The quantitative estimate of drug-likeness (QED) is 0.683. The van der Waals surface area contributed by atoms with E-state index in [1.54, 1.807) is 18.3 Å². The first-order valence-electron chi connectivity index (χ1n) is 6.16. The average molecular weight is 307 g/mol. The first-order chi connectivity index (χ1) is 9.56. The molecular weight excluding hydrogens is 292 g/mol. The third-order valence-electron chi connectivity index (χ3n) is 2.88. The Labute approximate surface area is 127 Å². The largest absolute Gasteiger partial charge is 0.323 e. The fraction of sp³-hybridized carbons (Fsp3) is 0.200. The Bertz CT molecular complexity index is 631. The lowest BCUT2D eigenvalue weighted by Crippen LogP contribution is -2.14. The third kappa shape index (κ3) is 3.99. The van der Waals surface area contributed by atoms with Crippen LogP contribution in [-0.2, 0) is 4.79 Å². The van der Waals surface area contributed by atoms with Gasteiger partial charge in [0, 0.05) is 11.1 Å². The van der Waals surface area contributed by atoms with E-state index in [0.29, 0.717) is 16.6 Å². The van der Waals surface area contributed by atoms with Gasteiger partial charge >= 0.3 is 0 Å². The van der Waals surface area contributed by atoms with Gasteiger partial charge < -0.3 is 5.32 Å². The molecule has 0 saturated carbocycles. The molecule has 1 heterocycles. The zero-order valence-corrected chi connectivity index (χ0v) is 12.9. The highest BCUT2D eigenvalue weighted by Crippen LogP contribution is 2.22. The number of anilines is 1. The molecule has 0 fully saturated rings. The molecule has 1 N–H and O–H groups in total. The highest BCUT2D eigenvalue weighted by atomic mass is 35.5. The van der Waals surface area contributed by atoms with Crippen molar-refractivity contribution in [3.63, 3.8) is 0 Å². The highest BCUT2D eigenvalue weighted by molar-refractivity contribution is 8.00. The lowest BCUT2D eigenvalue weighted by Gasteiger charge is -2.07. The van der Waals surface area contributed by atoms with Gasteiger partial charge in [-0.05, 0) is 49.2 Å². The van der Waals surface area contributed by atoms with E-state index in [2.05, 4.69) is 36.3 Å². The van der Waals surface area contributed by atoms with Crippen LogP contribution in [0, 0.1) is 13.8 Å². The highest BCUT2D eigenvalue weighted by Gasteiger charge is 2.07. The number of amides is 1. The standard InChI is InChI=1S/C15H15ClN2OS/c1-10-5-6-12(8-11(10)2)20-9-14(19)18-13-4-3-7-17-15(13)16/h3-8H,9H2,1-2H3,(H,18,19). The van der Waals surface area contributed by atoms with Gasteiger partial charge in [0.25, 0.3) is 0 Å². The second-order valence-corrected chi connectivity index (χ2v) is 5.83. The predicted molar refractivity (Wildman–Crippen MR) is 84.5 cm³/mol. The van der Waals surface area contributed by atoms with E-state index in [9.17, 15) is 4.79 Å².